The van der Waals surface area contributed by atoms with Gasteiger partial charge in [-0.2, -0.15) is 5.26 Å². The molecule has 0 spiro atoms. The molecule has 112 valence electrons. The first kappa shape index (κ1) is 16.6. The summed E-state index contributed by atoms with van der Waals surface area (Å²) in [6.45, 7) is 2.55. The molecule has 0 radical (unpaired) electrons. The highest BCUT2D eigenvalue weighted by Crippen LogP contribution is 2.21. The van der Waals surface area contributed by atoms with E-state index in [0.29, 0.717) is 6.61 Å². The highest BCUT2D eigenvalue weighted by atomic mass is 16.6. The zero-order valence-electron chi connectivity index (χ0n) is 12.0. The van der Waals surface area contributed by atoms with Gasteiger partial charge < -0.3 is 9.64 Å². The van der Waals surface area contributed by atoms with E-state index in [0.717, 1.165) is 5.56 Å². The number of hydrogen-bond acceptors (Lipinski definition) is 5. The molecule has 7 nitrogen and oxygen atoms in total. The second-order valence-corrected chi connectivity index (χ2v) is 4.47. The molecule has 0 saturated heterocycles. The molecule has 1 aromatic rings. The molecule has 1 amide bonds. The van der Waals surface area contributed by atoms with Crippen molar-refractivity contribution in [3.05, 3.63) is 39.4 Å². The summed E-state index contributed by atoms with van der Waals surface area (Å²) in [6.07, 6.45) is 0.162. The number of amides is 1. The summed E-state index contributed by atoms with van der Waals surface area (Å²) >= 11 is 0. The van der Waals surface area contributed by atoms with Crippen LogP contribution in [0.1, 0.15) is 22.3 Å². The largest absolute Gasteiger partial charge is 0.383 e. The molecule has 0 heterocycles. The van der Waals surface area contributed by atoms with Gasteiger partial charge >= 0.3 is 0 Å². The minimum absolute atomic E-state index is 0.0362. The first-order valence-corrected chi connectivity index (χ1v) is 6.41. The summed E-state index contributed by atoms with van der Waals surface area (Å²) < 4.78 is 4.93. The Hall–Kier alpha value is -2.46. The van der Waals surface area contributed by atoms with Crippen LogP contribution in [0.4, 0.5) is 5.69 Å². The summed E-state index contributed by atoms with van der Waals surface area (Å²) in [5.74, 6) is -0.460. The molecule has 0 unspecified atom stereocenters. The minimum atomic E-state index is -0.578. The van der Waals surface area contributed by atoms with Crippen LogP contribution in [0.15, 0.2) is 18.2 Å². The lowest BCUT2D eigenvalue weighted by Crippen LogP contribution is -2.35. The normalized spacial score (nSPS) is 9.95. The molecule has 1 rings (SSSR count). The molecule has 0 aliphatic heterocycles. The van der Waals surface area contributed by atoms with E-state index in [4.69, 9.17) is 10.00 Å². The molecule has 0 aromatic heterocycles. The molecule has 0 aliphatic rings. The van der Waals surface area contributed by atoms with Crippen molar-refractivity contribution in [3.8, 4) is 6.07 Å². The molecule has 0 fully saturated rings. The van der Waals surface area contributed by atoms with Crippen LogP contribution in [0, 0.1) is 28.4 Å². The van der Waals surface area contributed by atoms with Gasteiger partial charge in [-0.25, -0.2) is 0 Å². The predicted octanol–water partition coefficient (Wildman–Crippen LogP) is 1.91. The van der Waals surface area contributed by atoms with Crippen LogP contribution in [-0.4, -0.2) is 42.5 Å². The third-order valence-electron chi connectivity index (χ3n) is 2.93. The lowest BCUT2D eigenvalue weighted by atomic mass is 10.1. The molecule has 0 aliphatic carbocycles. The summed E-state index contributed by atoms with van der Waals surface area (Å²) in [5, 5.41) is 19.7. The average Bonchev–Trinajstić information content (AvgIpc) is 2.46. The number of rotatable bonds is 7. The number of benzene rings is 1. The maximum Gasteiger partial charge on any atom is 0.282 e. The Morgan fingerprint density at radius 2 is 2.19 bits per heavy atom. The van der Waals surface area contributed by atoms with Gasteiger partial charge in [0.05, 0.1) is 24.0 Å². The first-order chi connectivity index (χ1) is 10.0. The summed E-state index contributed by atoms with van der Waals surface area (Å²) in [7, 11) is 1.50. The Kier molecular flexibility index (Phi) is 6.30. The van der Waals surface area contributed by atoms with Gasteiger partial charge in [-0.3, -0.25) is 14.9 Å². The smallest absolute Gasteiger partial charge is 0.282 e. The number of nitro benzene ring substituents is 1. The van der Waals surface area contributed by atoms with Crippen LogP contribution in [-0.2, 0) is 4.74 Å². The molecular formula is C14H17N3O4. The SMILES string of the molecule is COCCN(CCC#N)C(=O)c1cc(C)ccc1[N+](=O)[O-]. The van der Waals surface area contributed by atoms with E-state index >= 15 is 0 Å². The van der Waals surface area contributed by atoms with Crippen LogP contribution in [0.3, 0.4) is 0 Å². The lowest BCUT2D eigenvalue weighted by Gasteiger charge is -2.21. The number of nitrogens with zero attached hydrogens (tertiary/aromatic N) is 3. The number of nitriles is 1. The number of nitro groups is 1. The van der Waals surface area contributed by atoms with E-state index in [2.05, 4.69) is 0 Å². The van der Waals surface area contributed by atoms with Gasteiger partial charge in [0.1, 0.15) is 5.56 Å². The van der Waals surface area contributed by atoms with Crippen molar-refractivity contribution < 1.29 is 14.5 Å². The Balaban J connectivity index is 3.09. The number of aryl methyl sites for hydroxylation is 1. The quantitative estimate of drug-likeness (QED) is 0.564. The van der Waals surface area contributed by atoms with Crippen LogP contribution in [0.25, 0.3) is 0 Å². The third kappa shape index (κ3) is 4.54. The third-order valence-corrected chi connectivity index (χ3v) is 2.93. The zero-order chi connectivity index (χ0) is 15.8. The van der Waals surface area contributed by atoms with Crippen LogP contribution in [0.2, 0.25) is 0 Å². The van der Waals surface area contributed by atoms with Crippen molar-refractivity contribution in [2.24, 2.45) is 0 Å². The van der Waals surface area contributed by atoms with E-state index in [1.54, 1.807) is 13.0 Å². The van der Waals surface area contributed by atoms with E-state index in [-0.39, 0.29) is 30.8 Å². The highest BCUT2D eigenvalue weighted by molar-refractivity contribution is 5.98. The molecule has 7 heteroatoms. The van der Waals surface area contributed by atoms with E-state index < -0.39 is 10.8 Å². The standard InChI is InChI=1S/C14H17N3O4/c1-11-4-5-13(17(19)20)12(10-11)14(18)16(7-3-6-15)8-9-21-2/h4-5,10H,3,7-9H2,1-2H3. The number of carbonyl (C=O) groups is 1. The zero-order valence-corrected chi connectivity index (χ0v) is 12.0. The molecular weight excluding hydrogens is 274 g/mol. The molecule has 0 N–H and O–H groups in total. The van der Waals surface area contributed by atoms with E-state index in [9.17, 15) is 14.9 Å². The summed E-state index contributed by atoms with van der Waals surface area (Å²) in [6, 6.07) is 6.36. The maximum absolute atomic E-state index is 12.5. The summed E-state index contributed by atoms with van der Waals surface area (Å²) in [4.78, 5) is 24.4. The fourth-order valence-electron chi connectivity index (χ4n) is 1.85. The predicted molar refractivity (Wildman–Crippen MR) is 75.8 cm³/mol. The monoisotopic (exact) mass is 291 g/mol. The van der Waals surface area contributed by atoms with Crippen molar-refractivity contribution in [2.75, 3.05) is 26.8 Å². The van der Waals surface area contributed by atoms with Gasteiger partial charge in [-0.05, 0) is 18.6 Å². The highest BCUT2D eigenvalue weighted by Gasteiger charge is 2.24. The Morgan fingerprint density at radius 1 is 1.48 bits per heavy atom. The Morgan fingerprint density at radius 3 is 2.76 bits per heavy atom. The van der Waals surface area contributed by atoms with Crippen LogP contribution in [0.5, 0.6) is 0 Å². The summed E-state index contributed by atoms with van der Waals surface area (Å²) in [5.41, 5.74) is 0.565. The van der Waals surface area contributed by atoms with E-state index in [1.165, 1.54) is 24.1 Å². The van der Waals surface area contributed by atoms with Gasteiger partial charge in [0.15, 0.2) is 0 Å². The van der Waals surface area contributed by atoms with Crippen molar-refractivity contribution in [1.29, 1.82) is 5.26 Å². The van der Waals surface area contributed by atoms with Crippen molar-refractivity contribution in [1.82, 2.24) is 4.90 Å². The van der Waals surface area contributed by atoms with Crippen molar-refractivity contribution in [2.45, 2.75) is 13.3 Å². The van der Waals surface area contributed by atoms with Gasteiger partial charge in [0, 0.05) is 26.3 Å². The van der Waals surface area contributed by atoms with Crippen molar-refractivity contribution >= 4 is 11.6 Å². The van der Waals surface area contributed by atoms with Crippen LogP contribution >= 0.6 is 0 Å². The van der Waals surface area contributed by atoms with Crippen molar-refractivity contribution in [3.63, 3.8) is 0 Å². The number of ether oxygens (including phenoxy) is 1. The molecule has 1 aromatic carbocycles. The number of carbonyl (C=O) groups excluding carboxylic acids is 1. The van der Waals surface area contributed by atoms with Gasteiger partial charge in [-0.15, -0.1) is 0 Å². The molecule has 0 bridgehead atoms. The van der Waals surface area contributed by atoms with Gasteiger partial charge in [-0.1, -0.05) is 6.07 Å². The van der Waals surface area contributed by atoms with Gasteiger partial charge in [0.2, 0.25) is 0 Å². The topological polar surface area (TPSA) is 96.5 Å². The van der Waals surface area contributed by atoms with E-state index in [1.807, 2.05) is 6.07 Å². The molecule has 0 saturated carbocycles. The second kappa shape index (κ2) is 7.97. The molecule has 0 atom stereocenters. The second-order valence-electron chi connectivity index (χ2n) is 4.47. The Labute approximate surface area is 122 Å². The molecule has 21 heavy (non-hydrogen) atoms. The fourth-order valence-corrected chi connectivity index (χ4v) is 1.85. The number of methoxy groups -OCH3 is 1. The Bertz CT molecular complexity index is 566. The number of hydrogen-bond donors (Lipinski definition) is 0. The minimum Gasteiger partial charge on any atom is -0.383 e. The average molecular weight is 291 g/mol. The van der Waals surface area contributed by atoms with Crippen LogP contribution < -0.4 is 0 Å². The first-order valence-electron chi connectivity index (χ1n) is 6.41. The lowest BCUT2D eigenvalue weighted by molar-refractivity contribution is -0.385. The van der Waals surface area contributed by atoms with Gasteiger partial charge in [0.25, 0.3) is 11.6 Å². The maximum atomic E-state index is 12.5. The fraction of sp³-hybridized carbons (Fsp3) is 0.429.